The van der Waals surface area contributed by atoms with Crippen LogP contribution < -0.4 is 10.1 Å². The molecule has 55 heavy (non-hydrogen) atoms. The average Bonchev–Trinajstić information content (AvgIpc) is 3.69. The summed E-state index contributed by atoms with van der Waals surface area (Å²) in [6.45, 7) is 2.28. The second-order valence-electron chi connectivity index (χ2n) is 15.5. The summed E-state index contributed by atoms with van der Waals surface area (Å²) in [4.78, 5) is 69.2. The maximum absolute atomic E-state index is 13.6. The van der Waals surface area contributed by atoms with Crippen molar-refractivity contribution in [3.8, 4) is 11.5 Å². The Kier molecular flexibility index (Phi) is 8.96. The third-order valence-electron chi connectivity index (χ3n) is 12.0. The van der Waals surface area contributed by atoms with Crippen LogP contribution in [-0.2, 0) is 33.9 Å². The summed E-state index contributed by atoms with van der Waals surface area (Å²) in [5, 5.41) is 12.4. The molecule has 4 aromatic rings. The van der Waals surface area contributed by atoms with E-state index < -0.39 is 29.7 Å². The van der Waals surface area contributed by atoms with Gasteiger partial charge in [-0.15, -0.1) is 0 Å². The Morgan fingerprint density at radius 2 is 1.51 bits per heavy atom. The SMILES string of the molecule is O=C1CCC(N2C(=O)c3cc4c(cc3C2=O)CN(CC(=O)N2CCCC(Oc3ccc([C@@H]5c6ccc(O)cc6CC[C@@H]5c5ccccc5)cc3)C2)C4)C(=O)N1. The van der Waals surface area contributed by atoms with Crippen molar-refractivity contribution in [3.05, 3.63) is 129 Å². The lowest BCUT2D eigenvalue weighted by Crippen LogP contribution is -2.54. The molecular formula is C44H42N4O7. The summed E-state index contributed by atoms with van der Waals surface area (Å²) in [5.74, 6) is -0.568. The standard InChI is InChI=1S/C44H42N4O7/c49-31-11-15-35-28(19-31)10-14-34(26-5-2-1-3-6-26)41(35)27-8-12-32(13-9-27)55-33-7-4-18-47(24-33)40(51)25-46-22-29-20-36-37(21-30(29)23-46)44(54)48(43(36)53)38-16-17-39(50)45-42(38)52/h1-3,5-6,8-9,11-13,15,19-21,33-34,38,41,49H,4,7,10,14,16-18,22-25H2,(H,45,50,52)/t33?,34-,38?,41+/m1/s1. The Labute approximate surface area is 318 Å². The second-order valence-corrected chi connectivity index (χ2v) is 15.5. The lowest BCUT2D eigenvalue weighted by atomic mass is 9.69. The van der Waals surface area contributed by atoms with E-state index in [2.05, 4.69) is 47.8 Å². The van der Waals surface area contributed by atoms with Gasteiger partial charge in [-0.05, 0) is 108 Å². The first-order valence-electron chi connectivity index (χ1n) is 19.2. The molecule has 2 fully saturated rings. The third-order valence-corrected chi connectivity index (χ3v) is 12.0. The van der Waals surface area contributed by atoms with Crippen LogP contribution in [0.15, 0.2) is 84.9 Å². The van der Waals surface area contributed by atoms with Crippen molar-refractivity contribution in [2.75, 3.05) is 19.6 Å². The fraction of sp³-hybridized carbons (Fsp3) is 0.341. The molecule has 2 N–H and O–H groups in total. The van der Waals surface area contributed by atoms with Crippen LogP contribution in [0.1, 0.15) is 98.0 Å². The van der Waals surface area contributed by atoms with Crippen LogP contribution in [-0.4, -0.2) is 81.1 Å². The predicted molar refractivity (Wildman–Crippen MR) is 201 cm³/mol. The molecule has 9 rings (SSSR count). The first kappa shape index (κ1) is 34.9. The van der Waals surface area contributed by atoms with E-state index in [0.717, 1.165) is 47.5 Å². The van der Waals surface area contributed by atoms with Crippen LogP contribution in [0.2, 0.25) is 0 Å². The van der Waals surface area contributed by atoms with Crippen molar-refractivity contribution in [1.29, 1.82) is 0 Å². The predicted octanol–water partition coefficient (Wildman–Crippen LogP) is 5.04. The van der Waals surface area contributed by atoms with Gasteiger partial charge in [0.2, 0.25) is 17.7 Å². The number of carbonyl (C=O) groups is 5. The second kappa shape index (κ2) is 14.1. The van der Waals surface area contributed by atoms with E-state index in [0.29, 0.717) is 37.8 Å². The van der Waals surface area contributed by atoms with Crippen molar-refractivity contribution in [2.45, 2.75) is 75.6 Å². The number of ether oxygens (including phenoxy) is 1. The van der Waals surface area contributed by atoms with Gasteiger partial charge < -0.3 is 14.7 Å². The minimum Gasteiger partial charge on any atom is -0.508 e. The number of phenolic OH excluding ortho intramolecular Hbond substituents is 1. The van der Waals surface area contributed by atoms with Crippen molar-refractivity contribution >= 4 is 29.5 Å². The molecule has 0 aromatic heterocycles. The van der Waals surface area contributed by atoms with Crippen molar-refractivity contribution < 1.29 is 33.8 Å². The van der Waals surface area contributed by atoms with Crippen LogP contribution in [0.5, 0.6) is 11.5 Å². The highest BCUT2D eigenvalue weighted by Crippen LogP contribution is 2.47. The van der Waals surface area contributed by atoms with E-state index in [9.17, 15) is 29.1 Å². The Bertz CT molecular complexity index is 2180. The summed E-state index contributed by atoms with van der Waals surface area (Å²) in [6.07, 6.45) is 3.63. The maximum atomic E-state index is 13.6. The van der Waals surface area contributed by atoms with E-state index in [1.165, 1.54) is 22.3 Å². The highest BCUT2D eigenvalue weighted by Gasteiger charge is 2.45. The van der Waals surface area contributed by atoms with E-state index in [1.54, 1.807) is 18.2 Å². The Balaban J connectivity index is 0.830. The molecule has 4 heterocycles. The lowest BCUT2D eigenvalue weighted by molar-refractivity contribution is -0.136. The molecule has 5 aliphatic rings. The molecule has 0 bridgehead atoms. The first-order chi connectivity index (χ1) is 26.7. The number of rotatable bonds is 7. The number of benzene rings is 4. The number of aromatic hydroxyl groups is 1. The Morgan fingerprint density at radius 3 is 2.22 bits per heavy atom. The minimum atomic E-state index is -1.00. The molecule has 2 saturated heterocycles. The van der Waals surface area contributed by atoms with Gasteiger partial charge in [0.25, 0.3) is 11.8 Å². The molecule has 280 valence electrons. The number of imide groups is 2. The molecule has 5 amide bonds. The largest absolute Gasteiger partial charge is 0.508 e. The van der Waals surface area contributed by atoms with Gasteiger partial charge in [-0.3, -0.25) is 39.1 Å². The summed E-state index contributed by atoms with van der Waals surface area (Å²) in [7, 11) is 0. The zero-order chi connectivity index (χ0) is 37.8. The molecule has 0 radical (unpaired) electrons. The van der Waals surface area contributed by atoms with Gasteiger partial charge in [0.1, 0.15) is 23.6 Å². The van der Waals surface area contributed by atoms with Crippen LogP contribution in [0, 0.1) is 0 Å². The third kappa shape index (κ3) is 6.56. The van der Waals surface area contributed by atoms with Crippen molar-refractivity contribution in [2.24, 2.45) is 0 Å². The highest BCUT2D eigenvalue weighted by molar-refractivity contribution is 6.23. The Morgan fingerprint density at radius 1 is 0.782 bits per heavy atom. The molecule has 4 aliphatic heterocycles. The summed E-state index contributed by atoms with van der Waals surface area (Å²) in [6, 6.07) is 27.2. The van der Waals surface area contributed by atoms with Crippen LogP contribution in [0.25, 0.3) is 0 Å². The number of carbonyl (C=O) groups excluding carboxylic acids is 5. The van der Waals surface area contributed by atoms with Crippen LogP contribution in [0.3, 0.4) is 0 Å². The quantitative estimate of drug-likeness (QED) is 0.252. The summed E-state index contributed by atoms with van der Waals surface area (Å²) >= 11 is 0. The van der Waals surface area contributed by atoms with Gasteiger partial charge in [0, 0.05) is 32.0 Å². The number of piperidine rings is 2. The van der Waals surface area contributed by atoms with E-state index in [-0.39, 0.29) is 48.4 Å². The zero-order valence-corrected chi connectivity index (χ0v) is 30.4. The van der Waals surface area contributed by atoms with Gasteiger partial charge in [0.05, 0.1) is 24.2 Å². The number of aryl methyl sites for hydroxylation is 1. The van der Waals surface area contributed by atoms with Crippen LogP contribution >= 0.6 is 0 Å². The van der Waals surface area contributed by atoms with Crippen LogP contribution in [0.4, 0.5) is 0 Å². The molecule has 4 atom stereocenters. The number of hydrogen-bond acceptors (Lipinski definition) is 8. The summed E-state index contributed by atoms with van der Waals surface area (Å²) in [5.41, 5.74) is 7.22. The Hall–Kier alpha value is -5.81. The van der Waals surface area contributed by atoms with Gasteiger partial charge in [0.15, 0.2) is 0 Å². The first-order valence-corrected chi connectivity index (χ1v) is 19.2. The fourth-order valence-corrected chi connectivity index (χ4v) is 9.33. The number of hydrogen-bond donors (Lipinski definition) is 2. The molecule has 0 saturated carbocycles. The van der Waals surface area contributed by atoms with Crippen molar-refractivity contribution in [3.63, 3.8) is 0 Å². The molecule has 0 spiro atoms. The number of likely N-dealkylation sites (tertiary alicyclic amines) is 1. The van der Waals surface area contributed by atoms with E-state index in [4.69, 9.17) is 4.74 Å². The number of amides is 5. The fourth-order valence-electron chi connectivity index (χ4n) is 9.33. The van der Waals surface area contributed by atoms with E-state index >= 15 is 0 Å². The summed E-state index contributed by atoms with van der Waals surface area (Å²) < 4.78 is 6.47. The van der Waals surface area contributed by atoms with E-state index in [1.807, 2.05) is 34.1 Å². The molecule has 1 aliphatic carbocycles. The molecular weight excluding hydrogens is 697 g/mol. The monoisotopic (exact) mass is 738 g/mol. The zero-order valence-electron chi connectivity index (χ0n) is 30.4. The molecule has 11 heteroatoms. The van der Waals surface area contributed by atoms with Gasteiger partial charge in [-0.1, -0.05) is 48.5 Å². The topological polar surface area (TPSA) is 137 Å². The number of fused-ring (bicyclic) bond motifs is 3. The van der Waals surface area contributed by atoms with Crippen molar-refractivity contribution in [1.82, 2.24) is 20.0 Å². The number of phenols is 1. The molecule has 4 aromatic carbocycles. The number of nitrogens with zero attached hydrogens (tertiary/aromatic N) is 3. The average molecular weight is 739 g/mol. The molecule has 2 unspecified atom stereocenters. The van der Waals surface area contributed by atoms with Gasteiger partial charge >= 0.3 is 0 Å². The lowest BCUT2D eigenvalue weighted by Gasteiger charge is -2.35. The highest BCUT2D eigenvalue weighted by atomic mass is 16.5. The molecule has 11 nitrogen and oxygen atoms in total. The minimum absolute atomic E-state index is 0.00846. The smallest absolute Gasteiger partial charge is 0.262 e. The number of nitrogens with one attached hydrogen (secondary N) is 1. The van der Waals surface area contributed by atoms with Gasteiger partial charge in [-0.25, -0.2) is 0 Å². The maximum Gasteiger partial charge on any atom is 0.262 e. The van der Waals surface area contributed by atoms with Gasteiger partial charge in [-0.2, -0.15) is 0 Å². The normalized spacial score (nSPS) is 23.6.